The second kappa shape index (κ2) is 5.08. The van der Waals surface area contributed by atoms with Crippen molar-refractivity contribution >= 4 is 23.3 Å². The van der Waals surface area contributed by atoms with Crippen LogP contribution in [0.4, 0.5) is 0 Å². The van der Waals surface area contributed by atoms with Gasteiger partial charge in [-0.3, -0.25) is 0 Å². The number of hydrogen-bond donors (Lipinski definition) is 3. The average Bonchev–Trinajstić information content (AvgIpc) is 2.71. The zero-order valence-electron chi connectivity index (χ0n) is 10.1. The normalized spacial score (nSPS) is 13.4. The summed E-state index contributed by atoms with van der Waals surface area (Å²) >= 11 is 0. The summed E-state index contributed by atoms with van der Waals surface area (Å²) in [7, 11) is 0. The Hall–Kier alpha value is -1.03. The summed E-state index contributed by atoms with van der Waals surface area (Å²) < 4.78 is 0. The number of hydrogen-bond acceptors (Lipinski definition) is 2. The molecule has 0 aliphatic carbocycles. The number of benzene rings is 1. The molecule has 0 saturated carbocycles. The van der Waals surface area contributed by atoms with Crippen LogP contribution in [0.3, 0.4) is 0 Å². The van der Waals surface area contributed by atoms with E-state index in [1.165, 1.54) is 0 Å². The van der Waals surface area contributed by atoms with Crippen molar-refractivity contribution in [3.63, 3.8) is 0 Å². The first-order valence-corrected chi connectivity index (χ1v) is 5.49. The summed E-state index contributed by atoms with van der Waals surface area (Å²) in [4.78, 5) is 3.20. The third-order valence-corrected chi connectivity index (χ3v) is 3.21. The number of aliphatic hydroxyl groups is 1. The van der Waals surface area contributed by atoms with Gasteiger partial charge >= 0.3 is 0 Å². The lowest BCUT2D eigenvalue weighted by molar-refractivity contribution is 0.133. The van der Waals surface area contributed by atoms with Crippen molar-refractivity contribution in [2.75, 3.05) is 6.61 Å². The number of H-pyrrole nitrogens is 1. The van der Waals surface area contributed by atoms with E-state index in [0.717, 1.165) is 16.5 Å². The largest absolute Gasteiger partial charge is 0.396 e. The summed E-state index contributed by atoms with van der Waals surface area (Å²) in [6, 6.07) is 7.89. The first kappa shape index (κ1) is 14.0. The number of para-hydroxylation sites is 1. The molecule has 0 unspecified atom stereocenters. The Morgan fingerprint density at radius 1 is 1.35 bits per heavy atom. The van der Waals surface area contributed by atoms with Crippen molar-refractivity contribution < 1.29 is 5.11 Å². The summed E-state index contributed by atoms with van der Waals surface area (Å²) in [6.45, 7) is 4.02. The van der Waals surface area contributed by atoms with Crippen molar-refractivity contribution in [1.29, 1.82) is 0 Å². The molecule has 0 radical (unpaired) electrons. The predicted octanol–water partition coefficient (Wildman–Crippen LogP) is 2.61. The number of halogens is 1. The topological polar surface area (TPSA) is 62.0 Å². The molecule has 0 fully saturated rings. The lowest BCUT2D eigenvalue weighted by atomic mass is 9.82. The van der Waals surface area contributed by atoms with Gasteiger partial charge in [0, 0.05) is 35.2 Å². The number of rotatable bonds is 3. The quantitative estimate of drug-likeness (QED) is 0.789. The second-order valence-corrected chi connectivity index (χ2v) is 4.91. The van der Waals surface area contributed by atoms with Gasteiger partial charge in [0.05, 0.1) is 0 Å². The molecule has 2 aromatic rings. The maximum absolute atomic E-state index is 9.35. The number of aliphatic hydroxyl groups excluding tert-OH is 1. The number of fused-ring (bicyclic) bond motifs is 1. The maximum Gasteiger partial charge on any atom is 0.0500 e. The minimum absolute atomic E-state index is 0. The molecule has 3 nitrogen and oxygen atoms in total. The van der Waals surface area contributed by atoms with Crippen molar-refractivity contribution in [3.8, 4) is 0 Å². The molecule has 1 aromatic carbocycles. The third kappa shape index (κ3) is 2.46. The van der Waals surface area contributed by atoms with Gasteiger partial charge in [0.1, 0.15) is 0 Å². The monoisotopic (exact) mass is 254 g/mol. The molecule has 0 saturated heterocycles. The fourth-order valence-corrected chi connectivity index (χ4v) is 1.87. The summed E-state index contributed by atoms with van der Waals surface area (Å²) in [5, 5.41) is 10.5. The van der Waals surface area contributed by atoms with E-state index < -0.39 is 0 Å². The third-order valence-electron chi connectivity index (χ3n) is 3.21. The van der Waals surface area contributed by atoms with Crippen LogP contribution in [-0.2, 0) is 0 Å². The van der Waals surface area contributed by atoms with E-state index in [1.54, 1.807) is 0 Å². The lowest BCUT2D eigenvalue weighted by Gasteiger charge is -2.29. The van der Waals surface area contributed by atoms with Crippen LogP contribution in [0, 0.1) is 5.41 Å². The first-order chi connectivity index (χ1) is 7.56. The second-order valence-electron chi connectivity index (χ2n) is 4.91. The van der Waals surface area contributed by atoms with Gasteiger partial charge in [-0.1, -0.05) is 32.0 Å². The smallest absolute Gasteiger partial charge is 0.0500 e. The number of aromatic amines is 1. The van der Waals surface area contributed by atoms with Gasteiger partial charge in [-0.2, -0.15) is 0 Å². The zero-order valence-corrected chi connectivity index (χ0v) is 10.9. The molecule has 17 heavy (non-hydrogen) atoms. The molecule has 4 heteroatoms. The molecule has 0 aliphatic heterocycles. The Balaban J connectivity index is 0.00000144. The summed E-state index contributed by atoms with van der Waals surface area (Å²) in [6.07, 6.45) is 1.94. The van der Waals surface area contributed by atoms with Gasteiger partial charge in [-0.25, -0.2) is 0 Å². The lowest BCUT2D eigenvalue weighted by Crippen LogP contribution is -2.32. The number of nitrogens with two attached hydrogens (primary N) is 1. The minimum Gasteiger partial charge on any atom is -0.396 e. The summed E-state index contributed by atoms with van der Waals surface area (Å²) in [5.74, 6) is 0. The van der Waals surface area contributed by atoms with Gasteiger partial charge in [-0.15, -0.1) is 12.4 Å². The Labute approximate surface area is 107 Å². The van der Waals surface area contributed by atoms with Crippen molar-refractivity contribution in [2.45, 2.75) is 19.9 Å². The molecule has 1 atom stereocenters. The minimum atomic E-state index is -0.315. The van der Waals surface area contributed by atoms with E-state index in [2.05, 4.69) is 11.1 Å². The molecule has 1 heterocycles. The fourth-order valence-electron chi connectivity index (χ4n) is 1.87. The van der Waals surface area contributed by atoms with Crippen LogP contribution in [0.5, 0.6) is 0 Å². The van der Waals surface area contributed by atoms with Crippen LogP contribution in [-0.4, -0.2) is 16.7 Å². The molecule has 0 spiro atoms. The highest BCUT2D eigenvalue weighted by Gasteiger charge is 2.28. The fraction of sp³-hybridized carbons (Fsp3) is 0.385. The molecule has 0 amide bonds. The molecular weight excluding hydrogens is 236 g/mol. The van der Waals surface area contributed by atoms with Crippen LogP contribution in [0.1, 0.15) is 25.5 Å². The molecule has 0 aliphatic rings. The van der Waals surface area contributed by atoms with E-state index >= 15 is 0 Å². The molecule has 4 N–H and O–H groups in total. The number of aromatic nitrogens is 1. The van der Waals surface area contributed by atoms with Gasteiger partial charge in [-0.05, 0) is 11.6 Å². The molecule has 2 rings (SSSR count). The van der Waals surface area contributed by atoms with Crippen LogP contribution in [0.2, 0.25) is 0 Å². The highest BCUT2D eigenvalue weighted by atomic mass is 35.5. The highest BCUT2D eigenvalue weighted by molar-refractivity contribution is 5.85. The summed E-state index contributed by atoms with van der Waals surface area (Å²) in [5.41, 5.74) is 8.05. The van der Waals surface area contributed by atoms with Crippen LogP contribution < -0.4 is 5.73 Å². The van der Waals surface area contributed by atoms with E-state index in [9.17, 15) is 5.11 Å². The highest BCUT2D eigenvalue weighted by Crippen LogP contribution is 2.34. The van der Waals surface area contributed by atoms with E-state index in [4.69, 9.17) is 5.73 Å². The predicted molar refractivity (Wildman–Crippen MR) is 73.3 cm³/mol. The molecule has 0 bridgehead atoms. The van der Waals surface area contributed by atoms with Gasteiger partial charge in [0.2, 0.25) is 0 Å². The van der Waals surface area contributed by atoms with E-state index in [-0.39, 0.29) is 30.5 Å². The van der Waals surface area contributed by atoms with Gasteiger partial charge < -0.3 is 15.8 Å². The Morgan fingerprint density at radius 2 is 2.00 bits per heavy atom. The standard InChI is InChI=1S/C13H18N2O.ClH/c1-13(2,8-16)12(14)10-7-15-11-6-4-3-5-9(10)11;/h3-7,12,15-16H,8,14H2,1-2H3;1H/t12-;/m1./s1. The number of nitrogens with one attached hydrogen (secondary N) is 1. The van der Waals surface area contributed by atoms with Crippen LogP contribution in [0.15, 0.2) is 30.5 Å². The van der Waals surface area contributed by atoms with Crippen molar-refractivity contribution in [1.82, 2.24) is 4.98 Å². The molecular formula is C13H19ClN2O. The Bertz CT molecular complexity index is 493. The average molecular weight is 255 g/mol. The molecule has 1 aromatic heterocycles. The Morgan fingerprint density at radius 3 is 2.65 bits per heavy atom. The van der Waals surface area contributed by atoms with Crippen LogP contribution >= 0.6 is 12.4 Å². The van der Waals surface area contributed by atoms with Crippen LogP contribution in [0.25, 0.3) is 10.9 Å². The Kier molecular flexibility index (Phi) is 4.20. The van der Waals surface area contributed by atoms with Crippen molar-refractivity contribution in [3.05, 3.63) is 36.0 Å². The first-order valence-electron chi connectivity index (χ1n) is 5.49. The van der Waals surface area contributed by atoms with Crippen molar-refractivity contribution in [2.24, 2.45) is 11.1 Å². The van der Waals surface area contributed by atoms with Gasteiger partial charge in [0.15, 0.2) is 0 Å². The maximum atomic E-state index is 9.35. The van der Waals surface area contributed by atoms with E-state index in [1.807, 2.05) is 38.2 Å². The van der Waals surface area contributed by atoms with Gasteiger partial charge in [0.25, 0.3) is 0 Å². The molecule has 94 valence electrons. The SMILES string of the molecule is CC(C)(CO)[C@H](N)c1c[nH]c2ccccc12.Cl. The van der Waals surface area contributed by atoms with E-state index in [0.29, 0.717) is 0 Å². The zero-order chi connectivity index (χ0) is 11.8.